The Labute approximate surface area is 92.5 Å². The lowest BCUT2D eigenvalue weighted by atomic mass is 10.1. The predicted molar refractivity (Wildman–Crippen MR) is 54.7 cm³/mol. The van der Waals surface area contributed by atoms with Crippen molar-refractivity contribution in [2.45, 2.75) is 0 Å². The van der Waals surface area contributed by atoms with Gasteiger partial charge in [0.05, 0.1) is 5.52 Å². The van der Waals surface area contributed by atoms with Crippen molar-refractivity contribution in [3.8, 4) is 5.75 Å². The maximum atomic E-state index is 13.0. The van der Waals surface area contributed by atoms with Crippen LogP contribution >= 0.6 is 0 Å². The molecule has 0 unspecified atom stereocenters. The fourth-order valence-corrected chi connectivity index (χ4v) is 1.50. The lowest BCUT2D eigenvalue weighted by Crippen LogP contribution is -2.23. The van der Waals surface area contributed by atoms with Gasteiger partial charge in [0.1, 0.15) is 11.3 Å². The van der Waals surface area contributed by atoms with E-state index in [0.29, 0.717) is 12.1 Å². The molecule has 5 nitrogen and oxygen atoms in total. The molecule has 0 bridgehead atoms. The summed E-state index contributed by atoms with van der Waals surface area (Å²) >= 11 is 0. The predicted octanol–water partition coefficient (Wildman–Crippen LogP) is 0.611. The quantitative estimate of drug-likeness (QED) is 0.681. The first-order valence-corrected chi connectivity index (χ1v) is 4.45. The van der Waals surface area contributed by atoms with Crippen molar-refractivity contribution in [2.75, 3.05) is 0 Å². The van der Waals surface area contributed by atoms with Gasteiger partial charge in [-0.05, 0) is 6.07 Å². The molecule has 2 rings (SSSR count). The molecule has 0 fully saturated rings. The average molecular weight is 240 g/mol. The second-order valence-electron chi connectivity index (χ2n) is 3.35. The molecule has 1 aromatic heterocycles. The number of aromatic hydroxyl groups is 1. The summed E-state index contributed by atoms with van der Waals surface area (Å²) in [5.74, 6) is -4.32. The molecular formula is C10H6F2N2O3. The fraction of sp³-hybridized carbons (Fsp3) is 0. The molecule has 17 heavy (non-hydrogen) atoms. The Hall–Kier alpha value is -2.44. The van der Waals surface area contributed by atoms with E-state index in [4.69, 9.17) is 5.73 Å². The Morgan fingerprint density at radius 1 is 1.29 bits per heavy atom. The van der Waals surface area contributed by atoms with Crippen molar-refractivity contribution >= 4 is 16.8 Å². The number of aromatic nitrogens is 1. The number of aromatic amines is 1. The molecule has 1 heterocycles. The topological polar surface area (TPSA) is 96.2 Å². The van der Waals surface area contributed by atoms with E-state index in [9.17, 15) is 23.5 Å². The van der Waals surface area contributed by atoms with Gasteiger partial charge in [0.25, 0.3) is 11.5 Å². The zero-order valence-electron chi connectivity index (χ0n) is 8.25. The van der Waals surface area contributed by atoms with Gasteiger partial charge in [0, 0.05) is 11.5 Å². The summed E-state index contributed by atoms with van der Waals surface area (Å²) in [4.78, 5) is 24.4. The maximum absolute atomic E-state index is 13.0. The third-order valence-electron chi connectivity index (χ3n) is 2.27. The monoisotopic (exact) mass is 240 g/mol. The Morgan fingerprint density at radius 3 is 2.47 bits per heavy atom. The van der Waals surface area contributed by atoms with Crippen molar-refractivity contribution in [3.63, 3.8) is 0 Å². The highest BCUT2D eigenvalue weighted by Gasteiger charge is 2.18. The van der Waals surface area contributed by atoms with Gasteiger partial charge in [-0.2, -0.15) is 0 Å². The molecule has 0 atom stereocenters. The minimum atomic E-state index is -1.21. The SMILES string of the molecule is NC(=O)c1c(O)c2cc(F)c(F)cc2[nH]c1=O. The molecule has 2 aromatic rings. The number of amides is 1. The summed E-state index contributed by atoms with van der Waals surface area (Å²) in [6, 6.07) is 1.37. The highest BCUT2D eigenvalue weighted by molar-refractivity contribution is 6.01. The van der Waals surface area contributed by atoms with Crippen molar-refractivity contribution in [1.82, 2.24) is 4.98 Å². The Bertz CT molecular complexity index is 694. The minimum Gasteiger partial charge on any atom is -0.506 e. The van der Waals surface area contributed by atoms with Crippen LogP contribution in [0.3, 0.4) is 0 Å². The summed E-state index contributed by atoms with van der Waals surface area (Å²) in [6.45, 7) is 0. The van der Waals surface area contributed by atoms with Crippen LogP contribution in [0.15, 0.2) is 16.9 Å². The van der Waals surface area contributed by atoms with Crippen molar-refractivity contribution < 1.29 is 18.7 Å². The number of H-pyrrole nitrogens is 1. The second kappa shape index (κ2) is 3.55. The summed E-state index contributed by atoms with van der Waals surface area (Å²) in [5, 5.41) is 9.41. The molecule has 0 saturated carbocycles. The van der Waals surface area contributed by atoms with Crippen LogP contribution in [-0.2, 0) is 0 Å². The highest BCUT2D eigenvalue weighted by atomic mass is 19.2. The van der Waals surface area contributed by atoms with Crippen LogP contribution in [-0.4, -0.2) is 16.0 Å². The largest absolute Gasteiger partial charge is 0.506 e. The maximum Gasteiger partial charge on any atom is 0.265 e. The molecule has 88 valence electrons. The number of nitrogens with two attached hydrogens (primary N) is 1. The molecule has 0 radical (unpaired) electrons. The van der Waals surface area contributed by atoms with Gasteiger partial charge in [0.15, 0.2) is 11.6 Å². The standard InChI is InChI=1S/C10H6F2N2O3/c11-4-1-3-6(2-5(4)12)14-10(17)7(8(3)15)9(13)16/h1-2H,(H2,13,16)(H2,14,15,17). The van der Waals surface area contributed by atoms with Crippen LogP contribution in [0, 0.1) is 11.6 Å². The van der Waals surface area contributed by atoms with Gasteiger partial charge in [-0.25, -0.2) is 8.78 Å². The van der Waals surface area contributed by atoms with Crippen molar-refractivity contribution in [1.29, 1.82) is 0 Å². The molecular weight excluding hydrogens is 234 g/mol. The number of fused-ring (bicyclic) bond motifs is 1. The molecule has 0 aliphatic rings. The van der Waals surface area contributed by atoms with E-state index < -0.39 is 34.4 Å². The molecule has 1 aromatic carbocycles. The smallest absolute Gasteiger partial charge is 0.265 e. The number of benzene rings is 1. The van der Waals surface area contributed by atoms with Crippen molar-refractivity contribution in [2.24, 2.45) is 5.73 Å². The number of primary amides is 1. The first-order chi connectivity index (χ1) is 7.91. The van der Waals surface area contributed by atoms with Crippen LogP contribution in [0.1, 0.15) is 10.4 Å². The van der Waals surface area contributed by atoms with Crippen LogP contribution in [0.25, 0.3) is 10.9 Å². The molecule has 1 amide bonds. The number of carbonyl (C=O) groups is 1. The van der Waals surface area contributed by atoms with E-state index in [1.807, 2.05) is 0 Å². The first kappa shape index (κ1) is 11.1. The Kier molecular flexibility index (Phi) is 2.31. The third kappa shape index (κ3) is 1.61. The second-order valence-corrected chi connectivity index (χ2v) is 3.35. The molecule has 4 N–H and O–H groups in total. The summed E-state index contributed by atoms with van der Waals surface area (Å²) in [7, 11) is 0. The van der Waals surface area contributed by atoms with Gasteiger partial charge in [-0.3, -0.25) is 9.59 Å². The number of halogens is 2. The minimum absolute atomic E-state index is 0.128. The van der Waals surface area contributed by atoms with Crippen LogP contribution in [0.2, 0.25) is 0 Å². The van der Waals surface area contributed by atoms with Gasteiger partial charge in [-0.15, -0.1) is 0 Å². The zero-order chi connectivity index (χ0) is 12.7. The molecule has 0 spiro atoms. The van der Waals surface area contributed by atoms with Crippen molar-refractivity contribution in [3.05, 3.63) is 39.7 Å². The molecule has 0 saturated heterocycles. The normalized spacial score (nSPS) is 10.7. The number of hydrogen-bond donors (Lipinski definition) is 3. The molecule has 0 aliphatic heterocycles. The first-order valence-electron chi connectivity index (χ1n) is 4.45. The summed E-state index contributed by atoms with van der Waals surface area (Å²) < 4.78 is 25.9. The van der Waals surface area contributed by atoms with Gasteiger partial charge in [-0.1, -0.05) is 0 Å². The average Bonchev–Trinajstić information content (AvgIpc) is 2.21. The number of pyridine rings is 1. The van der Waals surface area contributed by atoms with Gasteiger partial charge < -0.3 is 15.8 Å². The summed E-state index contributed by atoms with van der Waals surface area (Å²) in [6.07, 6.45) is 0. The van der Waals surface area contributed by atoms with Crippen LogP contribution in [0.4, 0.5) is 8.78 Å². The van der Waals surface area contributed by atoms with Gasteiger partial charge >= 0.3 is 0 Å². The van der Waals surface area contributed by atoms with E-state index in [0.717, 1.165) is 0 Å². The van der Waals surface area contributed by atoms with E-state index in [-0.39, 0.29) is 10.9 Å². The lowest BCUT2D eigenvalue weighted by molar-refractivity contribution is 0.0996. The number of hydrogen-bond acceptors (Lipinski definition) is 3. The van der Waals surface area contributed by atoms with E-state index in [2.05, 4.69) is 4.98 Å². The van der Waals surface area contributed by atoms with Gasteiger partial charge in [0.2, 0.25) is 0 Å². The van der Waals surface area contributed by atoms with E-state index in [1.165, 1.54) is 0 Å². The zero-order valence-corrected chi connectivity index (χ0v) is 8.25. The number of carbonyl (C=O) groups excluding carboxylic acids is 1. The Balaban J connectivity index is 2.97. The van der Waals surface area contributed by atoms with E-state index >= 15 is 0 Å². The van der Waals surface area contributed by atoms with Crippen LogP contribution in [0.5, 0.6) is 5.75 Å². The lowest BCUT2D eigenvalue weighted by Gasteiger charge is -2.05. The molecule has 0 aliphatic carbocycles. The fourth-order valence-electron chi connectivity index (χ4n) is 1.50. The number of nitrogens with one attached hydrogen (secondary N) is 1. The van der Waals surface area contributed by atoms with E-state index in [1.54, 1.807) is 0 Å². The highest BCUT2D eigenvalue weighted by Crippen LogP contribution is 2.26. The van der Waals surface area contributed by atoms with Crippen LogP contribution < -0.4 is 11.3 Å². The molecule has 7 heteroatoms. The summed E-state index contributed by atoms with van der Waals surface area (Å²) in [5.41, 5.74) is 3.10. The third-order valence-corrected chi connectivity index (χ3v) is 2.27. The number of rotatable bonds is 1. The Morgan fingerprint density at radius 2 is 1.88 bits per heavy atom.